The maximum Gasteiger partial charge on any atom is 0.395 e. The summed E-state index contributed by atoms with van der Waals surface area (Å²) in [6.45, 7) is 0. The summed E-state index contributed by atoms with van der Waals surface area (Å²) in [7, 11) is 0. The standard InChI is InChI=1S/C12H9N3O5/c16-8-4-1-7(2-5-8)3-6-9-13-11(17)10(15(19)20)12(18)14-9/h1-6,16H,(H2,13,14,17,18)/b6-3-. The van der Waals surface area contributed by atoms with Gasteiger partial charge in [0.15, 0.2) is 0 Å². The zero-order chi connectivity index (χ0) is 14.7. The highest BCUT2D eigenvalue weighted by atomic mass is 16.6. The molecule has 0 bridgehead atoms. The van der Waals surface area contributed by atoms with E-state index in [9.17, 15) is 20.0 Å². The molecule has 0 fully saturated rings. The molecule has 0 aliphatic rings. The van der Waals surface area contributed by atoms with Gasteiger partial charge in [-0.2, -0.15) is 4.98 Å². The number of H-pyrrole nitrogens is 1. The maximum absolute atomic E-state index is 11.4. The van der Waals surface area contributed by atoms with Gasteiger partial charge >= 0.3 is 11.2 Å². The zero-order valence-corrected chi connectivity index (χ0v) is 9.98. The SMILES string of the molecule is O=c1[nH]c(/C=C\c2ccc(O)cc2)nc(O)c1[N+](=O)[O-]. The van der Waals surface area contributed by atoms with Gasteiger partial charge in [0.05, 0.1) is 4.92 Å². The van der Waals surface area contributed by atoms with Crippen molar-refractivity contribution in [1.82, 2.24) is 9.97 Å². The van der Waals surface area contributed by atoms with Crippen LogP contribution in [0.2, 0.25) is 0 Å². The molecule has 0 atom stereocenters. The first-order valence-corrected chi connectivity index (χ1v) is 5.42. The summed E-state index contributed by atoms with van der Waals surface area (Å²) in [4.78, 5) is 26.6. The van der Waals surface area contributed by atoms with E-state index in [0.29, 0.717) is 5.56 Å². The molecule has 1 aromatic carbocycles. The third-order valence-electron chi connectivity index (χ3n) is 2.40. The minimum Gasteiger partial charge on any atom is -0.508 e. The number of aromatic hydroxyl groups is 2. The number of phenolic OH excluding ortho intramolecular Hbond substituents is 1. The fourth-order valence-corrected chi connectivity index (χ4v) is 1.48. The second kappa shape index (κ2) is 5.22. The largest absolute Gasteiger partial charge is 0.508 e. The number of hydrogen-bond acceptors (Lipinski definition) is 6. The molecule has 8 nitrogen and oxygen atoms in total. The fourth-order valence-electron chi connectivity index (χ4n) is 1.48. The first kappa shape index (κ1) is 13.3. The van der Waals surface area contributed by atoms with E-state index in [2.05, 4.69) is 9.97 Å². The molecule has 3 N–H and O–H groups in total. The molecular formula is C12H9N3O5. The van der Waals surface area contributed by atoms with Crippen LogP contribution in [0.3, 0.4) is 0 Å². The van der Waals surface area contributed by atoms with Crippen LogP contribution in [0, 0.1) is 10.1 Å². The van der Waals surface area contributed by atoms with Gasteiger partial charge in [0.25, 0.3) is 5.88 Å². The van der Waals surface area contributed by atoms with Crippen LogP contribution >= 0.6 is 0 Å². The Hall–Kier alpha value is -3.16. The van der Waals surface area contributed by atoms with E-state index < -0.39 is 22.0 Å². The number of aromatic nitrogens is 2. The smallest absolute Gasteiger partial charge is 0.395 e. The predicted octanol–water partition coefficient (Wildman–Crippen LogP) is 1.26. The van der Waals surface area contributed by atoms with Crippen molar-refractivity contribution in [2.75, 3.05) is 0 Å². The monoisotopic (exact) mass is 275 g/mol. The second-order valence-corrected chi connectivity index (χ2v) is 3.81. The average Bonchev–Trinajstić information content (AvgIpc) is 2.37. The Kier molecular flexibility index (Phi) is 3.47. The minimum atomic E-state index is -1.03. The van der Waals surface area contributed by atoms with Crippen molar-refractivity contribution in [3.8, 4) is 11.6 Å². The Morgan fingerprint density at radius 1 is 1.20 bits per heavy atom. The molecule has 8 heteroatoms. The number of hydrogen-bond donors (Lipinski definition) is 3. The van der Waals surface area contributed by atoms with Crippen LogP contribution in [-0.2, 0) is 0 Å². The van der Waals surface area contributed by atoms with Crippen LogP contribution in [0.15, 0.2) is 29.1 Å². The van der Waals surface area contributed by atoms with Crippen molar-refractivity contribution in [3.05, 3.63) is 56.1 Å². The van der Waals surface area contributed by atoms with Crippen LogP contribution in [0.5, 0.6) is 11.6 Å². The Morgan fingerprint density at radius 2 is 1.85 bits per heavy atom. The summed E-state index contributed by atoms with van der Waals surface area (Å²) in [5.74, 6) is -0.850. The molecule has 1 aromatic heterocycles. The summed E-state index contributed by atoms with van der Waals surface area (Å²) in [6, 6.07) is 6.19. The molecule has 1 heterocycles. The topological polar surface area (TPSA) is 129 Å². The normalized spacial score (nSPS) is 10.8. The van der Waals surface area contributed by atoms with E-state index in [1.54, 1.807) is 18.2 Å². The van der Waals surface area contributed by atoms with Gasteiger partial charge < -0.3 is 15.2 Å². The number of nitro groups is 1. The van der Waals surface area contributed by atoms with Crippen LogP contribution < -0.4 is 5.56 Å². The van der Waals surface area contributed by atoms with Crippen molar-refractivity contribution in [2.45, 2.75) is 0 Å². The zero-order valence-electron chi connectivity index (χ0n) is 9.98. The van der Waals surface area contributed by atoms with Crippen molar-refractivity contribution < 1.29 is 15.1 Å². The van der Waals surface area contributed by atoms with Crippen LogP contribution in [0.25, 0.3) is 12.2 Å². The van der Waals surface area contributed by atoms with E-state index in [1.165, 1.54) is 18.2 Å². The molecule has 0 spiro atoms. The van der Waals surface area contributed by atoms with Crippen molar-refractivity contribution >= 4 is 17.8 Å². The Morgan fingerprint density at radius 3 is 2.40 bits per heavy atom. The van der Waals surface area contributed by atoms with Crippen LogP contribution in [0.4, 0.5) is 5.69 Å². The van der Waals surface area contributed by atoms with E-state index in [0.717, 1.165) is 0 Å². The number of rotatable bonds is 3. The van der Waals surface area contributed by atoms with Gasteiger partial charge in [-0.15, -0.1) is 0 Å². The maximum atomic E-state index is 11.4. The summed E-state index contributed by atoms with van der Waals surface area (Å²) in [5.41, 5.74) is -1.32. The summed E-state index contributed by atoms with van der Waals surface area (Å²) >= 11 is 0. The van der Waals surface area contributed by atoms with Crippen LogP contribution in [-0.4, -0.2) is 25.1 Å². The summed E-state index contributed by atoms with van der Waals surface area (Å²) < 4.78 is 0. The van der Waals surface area contributed by atoms with Crippen molar-refractivity contribution in [2.24, 2.45) is 0 Å². The summed E-state index contributed by atoms with van der Waals surface area (Å²) in [6.07, 6.45) is 2.93. The average molecular weight is 275 g/mol. The lowest BCUT2D eigenvalue weighted by Crippen LogP contribution is -2.14. The van der Waals surface area contributed by atoms with Gasteiger partial charge in [-0.05, 0) is 23.8 Å². The van der Waals surface area contributed by atoms with Crippen LogP contribution in [0.1, 0.15) is 11.4 Å². The molecule has 0 saturated carbocycles. The molecule has 0 amide bonds. The number of aromatic amines is 1. The van der Waals surface area contributed by atoms with E-state index in [4.69, 9.17) is 5.11 Å². The minimum absolute atomic E-state index is 0.0221. The third-order valence-corrected chi connectivity index (χ3v) is 2.40. The van der Waals surface area contributed by atoms with Crippen molar-refractivity contribution in [1.29, 1.82) is 0 Å². The van der Waals surface area contributed by atoms with Crippen molar-refractivity contribution in [3.63, 3.8) is 0 Å². The van der Waals surface area contributed by atoms with Gasteiger partial charge in [0.2, 0.25) is 0 Å². The molecule has 0 aliphatic heterocycles. The highest BCUT2D eigenvalue weighted by molar-refractivity contribution is 5.67. The molecule has 0 aliphatic carbocycles. The molecule has 2 aromatic rings. The van der Waals surface area contributed by atoms with Gasteiger partial charge in [0.1, 0.15) is 11.6 Å². The second-order valence-electron chi connectivity index (χ2n) is 3.81. The Labute approximate surface area is 111 Å². The summed E-state index contributed by atoms with van der Waals surface area (Å²) in [5, 5.41) is 29.0. The first-order valence-electron chi connectivity index (χ1n) is 5.42. The predicted molar refractivity (Wildman–Crippen MR) is 70.2 cm³/mol. The van der Waals surface area contributed by atoms with Gasteiger partial charge in [-0.25, -0.2) is 0 Å². The molecule has 0 radical (unpaired) electrons. The molecule has 20 heavy (non-hydrogen) atoms. The quantitative estimate of drug-likeness (QED) is 0.571. The van der Waals surface area contributed by atoms with Gasteiger partial charge in [-0.1, -0.05) is 18.2 Å². The molecular weight excluding hydrogens is 266 g/mol. The highest BCUT2D eigenvalue weighted by Crippen LogP contribution is 2.17. The first-order chi connectivity index (χ1) is 9.47. The Balaban J connectivity index is 2.33. The number of benzene rings is 1. The lowest BCUT2D eigenvalue weighted by molar-refractivity contribution is -0.387. The van der Waals surface area contributed by atoms with E-state index >= 15 is 0 Å². The van der Waals surface area contributed by atoms with Gasteiger partial charge in [0, 0.05) is 0 Å². The molecule has 102 valence electrons. The molecule has 2 rings (SSSR count). The lowest BCUT2D eigenvalue weighted by atomic mass is 10.2. The fraction of sp³-hybridized carbons (Fsp3) is 0. The molecule has 0 saturated heterocycles. The highest BCUT2D eigenvalue weighted by Gasteiger charge is 2.21. The Bertz CT molecular complexity index is 734. The van der Waals surface area contributed by atoms with Gasteiger partial charge in [-0.3, -0.25) is 14.9 Å². The third kappa shape index (κ3) is 2.80. The van der Waals surface area contributed by atoms with E-state index in [1.807, 2.05) is 0 Å². The lowest BCUT2D eigenvalue weighted by Gasteiger charge is -1.97. The number of nitrogens with one attached hydrogen (secondary N) is 1. The van der Waals surface area contributed by atoms with E-state index in [-0.39, 0.29) is 11.6 Å². The number of phenols is 1. The molecule has 0 unspecified atom stereocenters. The number of nitrogens with zero attached hydrogens (tertiary/aromatic N) is 2.